The molecule has 0 amide bonds. The SMILES string of the molecule is CC1CC1NS(=O)(=O)c1cc(Cl)cc(N)c1Br. The fraction of sp³-hybridized carbons (Fsp3) is 0.400. The number of halogens is 2. The van der Waals surface area contributed by atoms with Crippen molar-refractivity contribution in [3.63, 3.8) is 0 Å². The maximum Gasteiger partial charge on any atom is 0.242 e. The quantitative estimate of drug-likeness (QED) is 0.830. The summed E-state index contributed by atoms with van der Waals surface area (Å²) in [5.41, 5.74) is 5.98. The van der Waals surface area contributed by atoms with Gasteiger partial charge in [0.25, 0.3) is 0 Å². The van der Waals surface area contributed by atoms with E-state index < -0.39 is 10.0 Å². The smallest absolute Gasteiger partial charge is 0.242 e. The predicted octanol–water partition coefficient (Wildman–Crippen LogP) is 2.37. The van der Waals surface area contributed by atoms with E-state index in [4.69, 9.17) is 17.3 Å². The standard InChI is InChI=1S/C10H12BrClN2O2S/c1-5-2-8(5)14-17(15,16)9-4-6(12)3-7(13)10(9)11/h3-5,8,14H,2,13H2,1H3. The van der Waals surface area contributed by atoms with E-state index in [1.807, 2.05) is 6.92 Å². The Balaban J connectivity index is 2.39. The van der Waals surface area contributed by atoms with E-state index in [0.29, 0.717) is 21.1 Å². The summed E-state index contributed by atoms with van der Waals surface area (Å²) in [5.74, 6) is 0.389. The number of anilines is 1. The average molecular weight is 340 g/mol. The molecule has 17 heavy (non-hydrogen) atoms. The van der Waals surface area contributed by atoms with E-state index in [-0.39, 0.29) is 10.9 Å². The second kappa shape index (κ2) is 4.42. The lowest BCUT2D eigenvalue weighted by atomic mass is 10.3. The van der Waals surface area contributed by atoms with Crippen LogP contribution in [0.15, 0.2) is 21.5 Å². The molecule has 0 aliphatic heterocycles. The zero-order chi connectivity index (χ0) is 12.8. The topological polar surface area (TPSA) is 72.2 Å². The van der Waals surface area contributed by atoms with Gasteiger partial charge in [0.15, 0.2) is 0 Å². The molecule has 1 fully saturated rings. The second-order valence-electron chi connectivity index (χ2n) is 4.25. The molecule has 3 N–H and O–H groups in total. The Labute approximate surface area is 114 Å². The highest BCUT2D eigenvalue weighted by atomic mass is 79.9. The molecular weight excluding hydrogens is 328 g/mol. The molecule has 0 heterocycles. The van der Waals surface area contributed by atoms with Crippen LogP contribution in [0.1, 0.15) is 13.3 Å². The number of nitrogens with one attached hydrogen (secondary N) is 1. The first-order valence-electron chi connectivity index (χ1n) is 5.08. The van der Waals surface area contributed by atoms with E-state index in [2.05, 4.69) is 20.7 Å². The fourth-order valence-electron chi connectivity index (χ4n) is 1.53. The lowest BCUT2D eigenvalue weighted by molar-refractivity contribution is 0.578. The lowest BCUT2D eigenvalue weighted by Gasteiger charge is -2.10. The molecule has 2 atom stereocenters. The molecule has 4 nitrogen and oxygen atoms in total. The third kappa shape index (κ3) is 2.76. The molecule has 2 unspecified atom stereocenters. The molecule has 1 saturated carbocycles. The van der Waals surface area contributed by atoms with Crippen LogP contribution in [0.4, 0.5) is 5.69 Å². The van der Waals surface area contributed by atoms with Gasteiger partial charge in [-0.15, -0.1) is 0 Å². The Bertz CT molecular complexity index is 562. The second-order valence-corrected chi connectivity index (χ2v) is 7.16. The molecular formula is C10H12BrClN2O2S. The number of hydrogen-bond donors (Lipinski definition) is 2. The van der Waals surface area contributed by atoms with Gasteiger partial charge < -0.3 is 5.73 Å². The van der Waals surface area contributed by atoms with E-state index in [0.717, 1.165) is 6.42 Å². The van der Waals surface area contributed by atoms with E-state index >= 15 is 0 Å². The highest BCUT2D eigenvalue weighted by Gasteiger charge is 2.37. The molecule has 1 aliphatic carbocycles. The fourth-order valence-corrected chi connectivity index (χ4v) is 4.18. The summed E-state index contributed by atoms with van der Waals surface area (Å²) in [6.45, 7) is 1.99. The number of nitrogens with two attached hydrogens (primary N) is 1. The monoisotopic (exact) mass is 338 g/mol. The van der Waals surface area contributed by atoms with Crippen molar-refractivity contribution in [1.29, 1.82) is 0 Å². The van der Waals surface area contributed by atoms with Gasteiger partial charge in [-0.3, -0.25) is 0 Å². The number of nitrogen functional groups attached to an aromatic ring is 1. The third-order valence-corrected chi connectivity index (χ3v) is 5.62. The molecule has 7 heteroatoms. The molecule has 0 radical (unpaired) electrons. The van der Waals surface area contributed by atoms with Crippen molar-refractivity contribution in [1.82, 2.24) is 4.72 Å². The Morgan fingerprint density at radius 3 is 2.65 bits per heavy atom. The minimum Gasteiger partial charge on any atom is -0.398 e. The van der Waals surface area contributed by atoms with Crippen molar-refractivity contribution < 1.29 is 8.42 Å². The van der Waals surface area contributed by atoms with Gasteiger partial charge in [-0.2, -0.15) is 0 Å². The number of rotatable bonds is 3. The zero-order valence-corrected chi connectivity index (χ0v) is 12.2. The summed E-state index contributed by atoms with van der Waals surface area (Å²) in [6.07, 6.45) is 0.868. The van der Waals surface area contributed by atoms with Crippen LogP contribution in [0.3, 0.4) is 0 Å². The summed E-state index contributed by atoms with van der Waals surface area (Å²) in [5, 5.41) is 0.301. The van der Waals surface area contributed by atoms with Gasteiger partial charge in [-0.05, 0) is 40.4 Å². The van der Waals surface area contributed by atoms with Gasteiger partial charge in [0.05, 0.1) is 9.37 Å². The molecule has 0 spiro atoms. The summed E-state index contributed by atoms with van der Waals surface area (Å²) in [6, 6.07) is 2.91. The van der Waals surface area contributed by atoms with Crippen molar-refractivity contribution in [2.24, 2.45) is 5.92 Å². The highest BCUT2D eigenvalue weighted by molar-refractivity contribution is 9.10. The first-order valence-corrected chi connectivity index (χ1v) is 7.73. The van der Waals surface area contributed by atoms with Gasteiger partial charge in [-0.1, -0.05) is 18.5 Å². The largest absolute Gasteiger partial charge is 0.398 e. The highest BCUT2D eigenvalue weighted by Crippen LogP contribution is 2.34. The normalized spacial score (nSPS) is 23.7. The maximum absolute atomic E-state index is 12.1. The Morgan fingerprint density at radius 1 is 1.53 bits per heavy atom. The first-order chi connectivity index (χ1) is 7.81. The predicted molar refractivity (Wildman–Crippen MR) is 71.5 cm³/mol. The van der Waals surface area contributed by atoms with Gasteiger partial charge in [0.1, 0.15) is 0 Å². The molecule has 0 bridgehead atoms. The number of benzene rings is 1. The van der Waals surface area contributed by atoms with Crippen LogP contribution in [0.5, 0.6) is 0 Å². The summed E-state index contributed by atoms with van der Waals surface area (Å²) >= 11 is 8.99. The van der Waals surface area contributed by atoms with Crippen molar-refractivity contribution >= 4 is 43.2 Å². The van der Waals surface area contributed by atoms with Crippen LogP contribution in [0, 0.1) is 5.92 Å². The Morgan fingerprint density at radius 2 is 2.12 bits per heavy atom. The molecule has 1 aliphatic rings. The summed E-state index contributed by atoms with van der Waals surface area (Å²) < 4.78 is 27.2. The zero-order valence-electron chi connectivity index (χ0n) is 9.07. The van der Waals surface area contributed by atoms with Crippen LogP contribution < -0.4 is 10.5 Å². The van der Waals surface area contributed by atoms with Gasteiger partial charge in [0.2, 0.25) is 10.0 Å². The molecule has 1 aromatic carbocycles. The average Bonchev–Trinajstić information content (AvgIpc) is 2.86. The summed E-state index contributed by atoms with van der Waals surface area (Å²) in [7, 11) is -3.57. The lowest BCUT2D eigenvalue weighted by Crippen LogP contribution is -2.27. The van der Waals surface area contributed by atoms with Gasteiger partial charge >= 0.3 is 0 Å². The molecule has 2 rings (SSSR count). The molecule has 0 saturated heterocycles. The third-order valence-electron chi connectivity index (χ3n) is 2.74. The van der Waals surface area contributed by atoms with E-state index in [9.17, 15) is 8.42 Å². The minimum absolute atomic E-state index is 0.0205. The maximum atomic E-state index is 12.1. The van der Waals surface area contributed by atoms with Crippen molar-refractivity contribution in [2.75, 3.05) is 5.73 Å². The van der Waals surface area contributed by atoms with Crippen LogP contribution in [-0.4, -0.2) is 14.5 Å². The van der Waals surface area contributed by atoms with Crippen molar-refractivity contribution in [3.8, 4) is 0 Å². The Kier molecular flexibility index (Phi) is 3.42. The van der Waals surface area contributed by atoms with Crippen LogP contribution in [0.2, 0.25) is 5.02 Å². The number of sulfonamides is 1. The van der Waals surface area contributed by atoms with Crippen LogP contribution in [-0.2, 0) is 10.0 Å². The van der Waals surface area contributed by atoms with Crippen molar-refractivity contribution in [2.45, 2.75) is 24.3 Å². The van der Waals surface area contributed by atoms with Crippen LogP contribution in [0.25, 0.3) is 0 Å². The minimum atomic E-state index is -3.57. The van der Waals surface area contributed by atoms with Crippen LogP contribution >= 0.6 is 27.5 Å². The molecule has 0 aromatic heterocycles. The van der Waals surface area contributed by atoms with E-state index in [1.165, 1.54) is 12.1 Å². The van der Waals surface area contributed by atoms with Crippen molar-refractivity contribution in [3.05, 3.63) is 21.6 Å². The first kappa shape index (κ1) is 13.1. The Hall–Kier alpha value is -0.300. The molecule has 1 aromatic rings. The van der Waals surface area contributed by atoms with Gasteiger partial charge in [-0.25, -0.2) is 13.1 Å². The van der Waals surface area contributed by atoms with E-state index in [1.54, 1.807) is 0 Å². The molecule has 94 valence electrons. The summed E-state index contributed by atoms with van der Waals surface area (Å²) in [4.78, 5) is 0.0848. The van der Waals surface area contributed by atoms with Gasteiger partial charge in [0, 0.05) is 16.8 Å². The number of hydrogen-bond acceptors (Lipinski definition) is 3.